The molecule has 184 valence electrons. The molecule has 33 heavy (non-hydrogen) atoms. The van der Waals surface area contributed by atoms with Gasteiger partial charge in [-0.2, -0.15) is 0 Å². The van der Waals surface area contributed by atoms with Crippen molar-refractivity contribution in [1.82, 2.24) is 10.2 Å². The lowest BCUT2D eigenvalue weighted by molar-refractivity contribution is -0.146. The quantitative estimate of drug-likeness (QED) is 0.163. The van der Waals surface area contributed by atoms with E-state index in [1.54, 1.807) is 22.6 Å². The molecule has 12 nitrogen and oxygen atoms in total. The number of amides is 3. The molecule has 1 rings (SSSR count). The molecule has 0 saturated heterocycles. The number of carboxylic acids is 1. The van der Waals surface area contributed by atoms with Gasteiger partial charge in [-0.3, -0.25) is 14.4 Å². The molecule has 0 aliphatic heterocycles. The zero-order valence-corrected chi connectivity index (χ0v) is 23.9. The molecule has 3 amide bonds. The van der Waals surface area contributed by atoms with Gasteiger partial charge in [0.2, 0.25) is 5.91 Å². The molecular formula is C18H22I3N3O9. The van der Waals surface area contributed by atoms with E-state index in [1.165, 1.54) is 14.2 Å². The maximum Gasteiger partial charge on any atom is 0.334 e. The van der Waals surface area contributed by atoms with E-state index in [-0.39, 0.29) is 37.1 Å². The fraction of sp³-hybridized carbons (Fsp3) is 0.444. The van der Waals surface area contributed by atoms with Gasteiger partial charge in [0, 0.05) is 24.3 Å². The van der Waals surface area contributed by atoms with Gasteiger partial charge in [-0.1, -0.05) is 0 Å². The SMILES string of the molecule is COCC(=O)Nc1c(I)c(C(=O)NCC(O)C(=O)O)c(I)c(C(=O)N(C)CC(O)CO)c1I. The van der Waals surface area contributed by atoms with Gasteiger partial charge in [-0.15, -0.1) is 0 Å². The minimum atomic E-state index is -1.83. The van der Waals surface area contributed by atoms with Crippen LogP contribution in [0.15, 0.2) is 0 Å². The number of likely N-dealkylation sites (N-methyl/N-ethyl adjacent to an activating group) is 1. The lowest BCUT2D eigenvalue weighted by atomic mass is 10.1. The zero-order chi connectivity index (χ0) is 25.5. The van der Waals surface area contributed by atoms with Gasteiger partial charge in [-0.25, -0.2) is 4.79 Å². The molecule has 0 radical (unpaired) electrons. The van der Waals surface area contributed by atoms with Crippen LogP contribution in [0.1, 0.15) is 20.7 Å². The number of nitrogens with zero attached hydrogens (tertiary/aromatic N) is 1. The molecule has 0 aliphatic rings. The summed E-state index contributed by atoms with van der Waals surface area (Å²) in [5, 5.41) is 42.0. The number of aliphatic hydroxyl groups is 3. The Balaban J connectivity index is 3.58. The minimum Gasteiger partial charge on any atom is -0.479 e. The highest BCUT2D eigenvalue weighted by Crippen LogP contribution is 2.36. The number of carboxylic acid groups (broad SMARTS) is 1. The Morgan fingerprint density at radius 3 is 2.15 bits per heavy atom. The van der Waals surface area contributed by atoms with E-state index < -0.39 is 49.1 Å². The number of hydrogen-bond donors (Lipinski definition) is 6. The van der Waals surface area contributed by atoms with E-state index in [2.05, 4.69) is 10.6 Å². The fourth-order valence-corrected chi connectivity index (χ4v) is 6.87. The Morgan fingerprint density at radius 1 is 1.06 bits per heavy atom. The average molecular weight is 805 g/mol. The molecule has 15 heteroatoms. The monoisotopic (exact) mass is 805 g/mol. The van der Waals surface area contributed by atoms with Crippen LogP contribution in [0.25, 0.3) is 0 Å². The second-order valence-electron chi connectivity index (χ2n) is 6.63. The Bertz CT molecular complexity index is 929. The normalized spacial score (nSPS) is 12.6. The molecule has 1 aromatic carbocycles. The number of ether oxygens (including phenoxy) is 1. The molecule has 0 aromatic heterocycles. The van der Waals surface area contributed by atoms with Crippen LogP contribution in [0.3, 0.4) is 0 Å². The maximum absolute atomic E-state index is 13.2. The summed E-state index contributed by atoms with van der Waals surface area (Å²) in [5.74, 6) is -3.41. The Labute approximate surface area is 229 Å². The lowest BCUT2D eigenvalue weighted by Crippen LogP contribution is -2.39. The summed E-state index contributed by atoms with van der Waals surface area (Å²) in [4.78, 5) is 50.2. The number of carbonyl (C=O) groups excluding carboxylic acids is 3. The number of halogens is 3. The highest BCUT2D eigenvalue weighted by Gasteiger charge is 2.30. The summed E-state index contributed by atoms with van der Waals surface area (Å²) in [6.07, 6.45) is -3.01. The standard InChI is InChI=1S/C18H22I3N3O9/c1-24(4-7(26)5-25)17(30)11-12(19)10(16(29)22-3-8(27)18(31)32)13(20)15(14(11)21)23-9(28)6-33-2/h7-8,25-27H,3-6H2,1-2H3,(H,22,29)(H,23,28)(H,31,32). The van der Waals surface area contributed by atoms with Crippen LogP contribution in [0, 0.1) is 10.7 Å². The fourth-order valence-electron chi connectivity index (χ4n) is 2.48. The molecule has 2 unspecified atom stereocenters. The molecule has 2 atom stereocenters. The van der Waals surface area contributed by atoms with Crippen molar-refractivity contribution < 1.29 is 44.3 Å². The van der Waals surface area contributed by atoms with Crippen LogP contribution in [-0.4, -0.2) is 102 Å². The summed E-state index contributed by atoms with van der Waals surface area (Å²) in [6, 6.07) is 0. The molecule has 0 saturated carbocycles. The average Bonchev–Trinajstić information content (AvgIpc) is 2.74. The number of methoxy groups -OCH3 is 1. The number of aliphatic hydroxyl groups excluding tert-OH is 3. The molecule has 0 fully saturated rings. The molecular weight excluding hydrogens is 783 g/mol. The Morgan fingerprint density at radius 2 is 1.64 bits per heavy atom. The van der Waals surface area contributed by atoms with E-state index in [0.717, 1.165) is 4.90 Å². The maximum atomic E-state index is 13.2. The molecule has 1 aromatic rings. The van der Waals surface area contributed by atoms with Crippen LogP contribution < -0.4 is 10.6 Å². The summed E-state index contributed by atoms with van der Waals surface area (Å²) >= 11 is 5.46. The number of anilines is 1. The number of benzene rings is 1. The van der Waals surface area contributed by atoms with Gasteiger partial charge in [0.15, 0.2) is 6.10 Å². The first-order chi connectivity index (χ1) is 15.4. The third kappa shape index (κ3) is 8.09. The summed E-state index contributed by atoms with van der Waals surface area (Å²) < 4.78 is 5.62. The third-order valence-corrected chi connectivity index (χ3v) is 7.32. The van der Waals surface area contributed by atoms with Crippen molar-refractivity contribution in [1.29, 1.82) is 0 Å². The van der Waals surface area contributed by atoms with Gasteiger partial charge < -0.3 is 40.7 Å². The predicted octanol–water partition coefficient (Wildman–Crippen LogP) is -0.314. The van der Waals surface area contributed by atoms with Gasteiger partial charge in [0.1, 0.15) is 6.61 Å². The highest BCUT2D eigenvalue weighted by atomic mass is 127. The van der Waals surface area contributed by atoms with Crippen LogP contribution in [0.5, 0.6) is 0 Å². The number of nitrogens with one attached hydrogen (secondary N) is 2. The Hall–Kier alpha value is -0.870. The van der Waals surface area contributed by atoms with Gasteiger partial charge >= 0.3 is 5.97 Å². The molecule has 0 aliphatic carbocycles. The van der Waals surface area contributed by atoms with Crippen LogP contribution in [0.4, 0.5) is 5.69 Å². The van der Waals surface area contributed by atoms with E-state index in [9.17, 15) is 29.4 Å². The summed E-state index contributed by atoms with van der Waals surface area (Å²) in [6.45, 7) is -1.61. The van der Waals surface area contributed by atoms with E-state index >= 15 is 0 Å². The van der Waals surface area contributed by atoms with Gasteiger partial charge in [0.05, 0.1) is 43.2 Å². The minimum absolute atomic E-state index is 0.0126. The first kappa shape index (κ1) is 30.2. The van der Waals surface area contributed by atoms with Crippen LogP contribution in [-0.2, 0) is 14.3 Å². The number of aliphatic carboxylic acids is 1. The smallest absolute Gasteiger partial charge is 0.334 e. The third-order valence-electron chi connectivity index (χ3n) is 4.08. The van der Waals surface area contributed by atoms with Crippen molar-refractivity contribution >= 4 is 97.2 Å². The molecule has 0 heterocycles. The number of carbonyl (C=O) groups is 4. The van der Waals surface area contributed by atoms with Gasteiger partial charge in [0.25, 0.3) is 11.8 Å². The van der Waals surface area contributed by atoms with Crippen molar-refractivity contribution in [3.05, 3.63) is 21.8 Å². The Kier molecular flexibility index (Phi) is 12.7. The number of hydrogen-bond acceptors (Lipinski definition) is 8. The topological polar surface area (TPSA) is 186 Å². The van der Waals surface area contributed by atoms with Crippen molar-refractivity contribution in [3.8, 4) is 0 Å². The van der Waals surface area contributed by atoms with Gasteiger partial charge in [-0.05, 0) is 67.8 Å². The largest absolute Gasteiger partial charge is 0.479 e. The molecule has 0 bridgehead atoms. The summed E-state index contributed by atoms with van der Waals surface area (Å²) in [7, 11) is 2.73. The first-order valence-electron chi connectivity index (χ1n) is 9.09. The van der Waals surface area contributed by atoms with Crippen molar-refractivity contribution in [3.63, 3.8) is 0 Å². The van der Waals surface area contributed by atoms with Crippen molar-refractivity contribution in [2.75, 3.05) is 45.8 Å². The van der Waals surface area contributed by atoms with E-state index in [4.69, 9.17) is 14.9 Å². The number of rotatable bonds is 11. The second-order valence-corrected chi connectivity index (χ2v) is 9.87. The zero-order valence-electron chi connectivity index (χ0n) is 17.4. The van der Waals surface area contributed by atoms with Crippen molar-refractivity contribution in [2.45, 2.75) is 12.2 Å². The lowest BCUT2D eigenvalue weighted by Gasteiger charge is -2.24. The van der Waals surface area contributed by atoms with Crippen LogP contribution >= 0.6 is 67.8 Å². The highest BCUT2D eigenvalue weighted by molar-refractivity contribution is 14.1. The van der Waals surface area contributed by atoms with Crippen LogP contribution in [0.2, 0.25) is 0 Å². The molecule has 0 spiro atoms. The molecule has 6 N–H and O–H groups in total. The van der Waals surface area contributed by atoms with Crippen molar-refractivity contribution in [2.24, 2.45) is 0 Å². The van der Waals surface area contributed by atoms with E-state index in [0.29, 0.717) is 3.57 Å². The first-order valence-corrected chi connectivity index (χ1v) is 12.3. The van der Waals surface area contributed by atoms with E-state index in [1.807, 2.05) is 45.2 Å². The summed E-state index contributed by atoms with van der Waals surface area (Å²) in [5.41, 5.74) is 0.212. The predicted molar refractivity (Wildman–Crippen MR) is 141 cm³/mol. The second kappa shape index (κ2) is 13.9.